The summed E-state index contributed by atoms with van der Waals surface area (Å²) in [5.41, 5.74) is 1.02. The molecule has 1 atom stereocenters. The fourth-order valence-corrected chi connectivity index (χ4v) is 1.73. The number of esters is 1. The van der Waals surface area contributed by atoms with Crippen LogP contribution in [0.4, 0.5) is 0 Å². The first-order valence-corrected chi connectivity index (χ1v) is 5.66. The van der Waals surface area contributed by atoms with Crippen LogP contribution in [0.1, 0.15) is 31.4 Å². The highest BCUT2D eigenvalue weighted by atomic mass is 16.5. The second kappa shape index (κ2) is 5.49. The van der Waals surface area contributed by atoms with E-state index in [0.29, 0.717) is 6.61 Å². The Labute approximate surface area is 102 Å². The molecule has 0 N–H and O–H groups in total. The molecule has 0 aliphatic heterocycles. The normalized spacial score (nSPS) is 13.5. The topological polar surface area (TPSA) is 50.1 Å². The molecule has 0 radical (unpaired) electrons. The van der Waals surface area contributed by atoms with Gasteiger partial charge in [-0.05, 0) is 26.3 Å². The number of ether oxygens (including phenoxy) is 1. The summed E-state index contributed by atoms with van der Waals surface area (Å²) in [5.74, 6) is -0.341. The van der Waals surface area contributed by atoms with Gasteiger partial charge in [0.25, 0.3) is 0 Å². The zero-order chi connectivity index (χ0) is 12.9. The van der Waals surface area contributed by atoms with Crippen LogP contribution >= 0.6 is 0 Å². The molecule has 0 heterocycles. The van der Waals surface area contributed by atoms with Crippen molar-refractivity contribution < 1.29 is 9.53 Å². The standard InChI is InChI=1S/C14H17NO2/c1-4-17-13(16)14(3,8-9-15)12-7-5-6-11(2)10-12/h5-7,10H,4,8H2,1-3H3. The molecule has 0 spiro atoms. The number of benzene rings is 1. The third-order valence-electron chi connectivity index (χ3n) is 2.81. The second-order valence-electron chi connectivity index (χ2n) is 4.26. The van der Waals surface area contributed by atoms with Gasteiger partial charge in [-0.25, -0.2) is 0 Å². The van der Waals surface area contributed by atoms with E-state index < -0.39 is 5.41 Å². The Balaban J connectivity index is 3.16. The smallest absolute Gasteiger partial charge is 0.317 e. The molecule has 90 valence electrons. The van der Waals surface area contributed by atoms with Crippen LogP contribution in [0.5, 0.6) is 0 Å². The van der Waals surface area contributed by atoms with E-state index in [-0.39, 0.29) is 12.4 Å². The monoisotopic (exact) mass is 231 g/mol. The van der Waals surface area contributed by atoms with Crippen LogP contribution in [-0.4, -0.2) is 12.6 Å². The van der Waals surface area contributed by atoms with Crippen LogP contribution in [0.2, 0.25) is 0 Å². The van der Waals surface area contributed by atoms with E-state index >= 15 is 0 Å². The second-order valence-corrected chi connectivity index (χ2v) is 4.26. The lowest BCUT2D eigenvalue weighted by Gasteiger charge is -2.25. The average molecular weight is 231 g/mol. The van der Waals surface area contributed by atoms with Crippen molar-refractivity contribution in [2.45, 2.75) is 32.6 Å². The maximum atomic E-state index is 12.0. The average Bonchev–Trinajstić information content (AvgIpc) is 2.29. The summed E-state index contributed by atoms with van der Waals surface area (Å²) in [6, 6.07) is 9.70. The first kappa shape index (κ1) is 13.2. The van der Waals surface area contributed by atoms with Crippen LogP contribution in [0.3, 0.4) is 0 Å². The van der Waals surface area contributed by atoms with Gasteiger partial charge in [-0.15, -0.1) is 0 Å². The van der Waals surface area contributed by atoms with Crippen molar-refractivity contribution in [2.75, 3.05) is 6.61 Å². The molecule has 0 aromatic heterocycles. The highest BCUT2D eigenvalue weighted by Crippen LogP contribution is 2.29. The van der Waals surface area contributed by atoms with Gasteiger partial charge < -0.3 is 4.74 Å². The minimum Gasteiger partial charge on any atom is -0.465 e. The van der Waals surface area contributed by atoms with E-state index in [0.717, 1.165) is 11.1 Å². The zero-order valence-corrected chi connectivity index (χ0v) is 10.5. The van der Waals surface area contributed by atoms with E-state index in [1.165, 1.54) is 0 Å². The van der Waals surface area contributed by atoms with Crippen molar-refractivity contribution in [3.05, 3.63) is 35.4 Å². The van der Waals surface area contributed by atoms with Crippen LogP contribution in [-0.2, 0) is 14.9 Å². The number of carbonyl (C=O) groups is 1. The van der Waals surface area contributed by atoms with Crippen molar-refractivity contribution in [1.29, 1.82) is 5.26 Å². The number of rotatable bonds is 4. The molecule has 1 rings (SSSR count). The maximum Gasteiger partial charge on any atom is 0.317 e. The number of aryl methyl sites for hydroxylation is 1. The van der Waals surface area contributed by atoms with Gasteiger partial charge in [-0.2, -0.15) is 5.26 Å². The third kappa shape index (κ3) is 2.85. The number of hydrogen-bond donors (Lipinski definition) is 0. The maximum absolute atomic E-state index is 12.0. The number of nitrogens with zero attached hydrogens (tertiary/aromatic N) is 1. The predicted octanol–water partition coefficient (Wildman–Crippen LogP) is 2.73. The minimum atomic E-state index is -0.878. The minimum absolute atomic E-state index is 0.120. The van der Waals surface area contributed by atoms with Gasteiger partial charge in [0.05, 0.1) is 19.1 Å². The van der Waals surface area contributed by atoms with E-state index in [4.69, 9.17) is 10.00 Å². The molecule has 0 aliphatic rings. The molecule has 0 bridgehead atoms. The molecule has 0 fully saturated rings. The summed E-state index contributed by atoms with van der Waals surface area (Å²) in [6.07, 6.45) is 0.120. The Kier molecular flexibility index (Phi) is 4.28. The first-order chi connectivity index (χ1) is 8.04. The lowest BCUT2D eigenvalue weighted by Crippen LogP contribution is -2.34. The van der Waals surface area contributed by atoms with Gasteiger partial charge in [-0.1, -0.05) is 29.8 Å². The first-order valence-electron chi connectivity index (χ1n) is 5.66. The summed E-state index contributed by atoms with van der Waals surface area (Å²) in [7, 11) is 0. The van der Waals surface area contributed by atoms with Crippen molar-refractivity contribution in [3.8, 4) is 6.07 Å². The Morgan fingerprint density at radius 3 is 2.76 bits per heavy atom. The molecular formula is C14H17NO2. The highest BCUT2D eigenvalue weighted by molar-refractivity contribution is 5.83. The van der Waals surface area contributed by atoms with E-state index in [2.05, 4.69) is 6.07 Å². The van der Waals surface area contributed by atoms with Crippen molar-refractivity contribution in [3.63, 3.8) is 0 Å². The number of carbonyl (C=O) groups excluding carboxylic acids is 1. The van der Waals surface area contributed by atoms with Gasteiger partial charge in [0.15, 0.2) is 0 Å². The van der Waals surface area contributed by atoms with Crippen LogP contribution in [0, 0.1) is 18.3 Å². The molecule has 0 amide bonds. The zero-order valence-electron chi connectivity index (χ0n) is 10.5. The molecule has 3 heteroatoms. The van der Waals surface area contributed by atoms with Crippen LogP contribution < -0.4 is 0 Å². The predicted molar refractivity (Wildman–Crippen MR) is 65.4 cm³/mol. The number of hydrogen-bond acceptors (Lipinski definition) is 3. The summed E-state index contributed by atoms with van der Waals surface area (Å²) in [4.78, 5) is 12.0. The van der Waals surface area contributed by atoms with E-state index in [1.807, 2.05) is 31.2 Å². The number of nitriles is 1. The van der Waals surface area contributed by atoms with Crippen molar-refractivity contribution in [2.24, 2.45) is 0 Å². The van der Waals surface area contributed by atoms with E-state index in [9.17, 15) is 4.79 Å². The lowest BCUT2D eigenvalue weighted by molar-refractivity contribution is -0.149. The fourth-order valence-electron chi connectivity index (χ4n) is 1.73. The molecule has 0 saturated heterocycles. The Hall–Kier alpha value is -1.82. The Morgan fingerprint density at radius 1 is 1.53 bits per heavy atom. The van der Waals surface area contributed by atoms with Gasteiger partial charge in [0, 0.05) is 0 Å². The third-order valence-corrected chi connectivity index (χ3v) is 2.81. The summed E-state index contributed by atoms with van der Waals surface area (Å²) < 4.78 is 5.06. The quantitative estimate of drug-likeness (QED) is 0.749. The molecule has 1 aromatic carbocycles. The van der Waals surface area contributed by atoms with Gasteiger partial charge in [0.2, 0.25) is 0 Å². The molecular weight excluding hydrogens is 214 g/mol. The highest BCUT2D eigenvalue weighted by Gasteiger charge is 2.36. The Bertz CT molecular complexity index is 448. The SMILES string of the molecule is CCOC(=O)C(C)(CC#N)c1cccc(C)c1. The molecule has 1 unspecified atom stereocenters. The lowest BCUT2D eigenvalue weighted by atomic mass is 9.79. The molecule has 0 aliphatic carbocycles. The van der Waals surface area contributed by atoms with Crippen LogP contribution in [0.15, 0.2) is 24.3 Å². The van der Waals surface area contributed by atoms with Crippen LogP contribution in [0.25, 0.3) is 0 Å². The van der Waals surface area contributed by atoms with Crippen molar-refractivity contribution >= 4 is 5.97 Å². The van der Waals surface area contributed by atoms with Gasteiger partial charge in [-0.3, -0.25) is 4.79 Å². The van der Waals surface area contributed by atoms with Gasteiger partial charge in [0.1, 0.15) is 5.41 Å². The fraction of sp³-hybridized carbons (Fsp3) is 0.429. The van der Waals surface area contributed by atoms with Gasteiger partial charge >= 0.3 is 5.97 Å². The molecule has 0 saturated carbocycles. The molecule has 1 aromatic rings. The molecule has 17 heavy (non-hydrogen) atoms. The van der Waals surface area contributed by atoms with Crippen molar-refractivity contribution in [1.82, 2.24) is 0 Å². The Morgan fingerprint density at radius 2 is 2.24 bits per heavy atom. The van der Waals surface area contributed by atoms with E-state index in [1.54, 1.807) is 13.8 Å². The summed E-state index contributed by atoms with van der Waals surface area (Å²) >= 11 is 0. The largest absolute Gasteiger partial charge is 0.465 e. The summed E-state index contributed by atoms with van der Waals surface area (Å²) in [5, 5.41) is 8.89. The summed E-state index contributed by atoms with van der Waals surface area (Å²) in [6.45, 7) is 5.80. The molecule has 3 nitrogen and oxygen atoms in total.